The van der Waals surface area contributed by atoms with Crippen LogP contribution in [0.5, 0.6) is 0 Å². The third-order valence-corrected chi connectivity index (χ3v) is 4.94. The molecule has 1 aromatic rings. The second-order valence-corrected chi connectivity index (χ2v) is 6.80. The molecule has 110 valence electrons. The fourth-order valence-electron chi connectivity index (χ4n) is 3.37. The van der Waals surface area contributed by atoms with E-state index in [0.29, 0.717) is 5.92 Å². The fourth-order valence-corrected chi connectivity index (χ4v) is 3.78. The molecule has 3 rings (SSSR count). The van der Waals surface area contributed by atoms with Gasteiger partial charge in [0.1, 0.15) is 0 Å². The Kier molecular flexibility index (Phi) is 5.14. The van der Waals surface area contributed by atoms with E-state index in [2.05, 4.69) is 34.1 Å². The van der Waals surface area contributed by atoms with Crippen LogP contribution in [0.4, 0.5) is 0 Å². The van der Waals surface area contributed by atoms with Gasteiger partial charge in [0.25, 0.3) is 0 Å². The average Bonchev–Trinajstić information content (AvgIpc) is 2.48. The van der Waals surface area contributed by atoms with E-state index in [0.717, 1.165) is 26.1 Å². The van der Waals surface area contributed by atoms with Crippen LogP contribution >= 0.6 is 15.9 Å². The Morgan fingerprint density at radius 3 is 3.00 bits per heavy atom. The molecular weight excluding hydrogens is 316 g/mol. The van der Waals surface area contributed by atoms with Gasteiger partial charge in [0.05, 0.1) is 6.61 Å². The Labute approximate surface area is 130 Å². The van der Waals surface area contributed by atoms with E-state index in [1.165, 1.54) is 47.7 Å². The topological polar surface area (TPSA) is 18.5 Å². The second-order valence-electron chi connectivity index (χ2n) is 5.89. The highest BCUT2D eigenvalue weighted by Gasteiger charge is 2.21. The highest BCUT2D eigenvalue weighted by atomic mass is 79.9. The molecule has 3 heteroatoms. The Hall–Kier alpha value is -0.380. The lowest BCUT2D eigenvalue weighted by atomic mass is 9.81. The van der Waals surface area contributed by atoms with Crippen LogP contribution in [0.25, 0.3) is 0 Å². The molecule has 1 heterocycles. The maximum absolute atomic E-state index is 5.89. The summed E-state index contributed by atoms with van der Waals surface area (Å²) < 4.78 is 12.7. The normalized spacial score (nSPS) is 26.2. The first-order valence-electron chi connectivity index (χ1n) is 7.84. The Morgan fingerprint density at radius 1 is 1.20 bits per heavy atom. The van der Waals surface area contributed by atoms with Crippen molar-refractivity contribution in [1.29, 1.82) is 0 Å². The van der Waals surface area contributed by atoms with E-state index in [1.54, 1.807) is 0 Å². The highest BCUT2D eigenvalue weighted by molar-refractivity contribution is 9.10. The van der Waals surface area contributed by atoms with Crippen LogP contribution in [0.15, 0.2) is 22.7 Å². The third-order valence-electron chi connectivity index (χ3n) is 4.45. The first-order chi connectivity index (χ1) is 9.83. The SMILES string of the molecule is Brc1ccc2c(c1)CCC[C@@H]2CCO[C@H]1CCCCO1. The molecule has 0 radical (unpaired) electrons. The summed E-state index contributed by atoms with van der Waals surface area (Å²) in [5.41, 5.74) is 3.05. The lowest BCUT2D eigenvalue weighted by molar-refractivity contribution is -0.163. The van der Waals surface area contributed by atoms with E-state index < -0.39 is 0 Å². The smallest absolute Gasteiger partial charge is 0.157 e. The van der Waals surface area contributed by atoms with Crippen LogP contribution in [0.2, 0.25) is 0 Å². The molecule has 2 atom stereocenters. The van der Waals surface area contributed by atoms with Gasteiger partial charge >= 0.3 is 0 Å². The predicted molar refractivity (Wildman–Crippen MR) is 84.0 cm³/mol. The van der Waals surface area contributed by atoms with Crippen molar-refractivity contribution in [1.82, 2.24) is 0 Å². The van der Waals surface area contributed by atoms with Crippen molar-refractivity contribution in [2.75, 3.05) is 13.2 Å². The Morgan fingerprint density at radius 2 is 2.15 bits per heavy atom. The summed E-state index contributed by atoms with van der Waals surface area (Å²) in [6.07, 6.45) is 8.48. The molecule has 2 nitrogen and oxygen atoms in total. The summed E-state index contributed by atoms with van der Waals surface area (Å²) in [4.78, 5) is 0. The monoisotopic (exact) mass is 338 g/mol. The van der Waals surface area contributed by atoms with Gasteiger partial charge in [-0.15, -0.1) is 0 Å². The number of fused-ring (bicyclic) bond motifs is 1. The number of benzene rings is 1. The Balaban J connectivity index is 1.53. The van der Waals surface area contributed by atoms with Gasteiger partial charge in [0.15, 0.2) is 6.29 Å². The van der Waals surface area contributed by atoms with Crippen LogP contribution in [-0.4, -0.2) is 19.5 Å². The third kappa shape index (κ3) is 3.63. The minimum absolute atomic E-state index is 0.0525. The van der Waals surface area contributed by atoms with E-state index in [4.69, 9.17) is 9.47 Å². The van der Waals surface area contributed by atoms with Crippen LogP contribution < -0.4 is 0 Å². The number of hydrogen-bond acceptors (Lipinski definition) is 2. The van der Waals surface area contributed by atoms with E-state index >= 15 is 0 Å². The molecule has 0 N–H and O–H groups in total. The van der Waals surface area contributed by atoms with Gasteiger partial charge in [-0.1, -0.05) is 22.0 Å². The van der Waals surface area contributed by atoms with E-state index in [9.17, 15) is 0 Å². The van der Waals surface area contributed by atoms with Gasteiger partial charge in [0.2, 0.25) is 0 Å². The average molecular weight is 339 g/mol. The quantitative estimate of drug-likeness (QED) is 0.784. The summed E-state index contributed by atoms with van der Waals surface area (Å²) in [6, 6.07) is 6.75. The molecule has 1 aliphatic carbocycles. The lowest BCUT2D eigenvalue weighted by Gasteiger charge is -2.27. The maximum atomic E-state index is 5.89. The minimum Gasteiger partial charge on any atom is -0.353 e. The summed E-state index contributed by atoms with van der Waals surface area (Å²) >= 11 is 3.57. The molecule has 0 unspecified atom stereocenters. The van der Waals surface area contributed by atoms with Crippen molar-refractivity contribution in [2.45, 2.75) is 57.2 Å². The summed E-state index contributed by atoms with van der Waals surface area (Å²) in [5.74, 6) is 0.662. The molecule has 1 aromatic carbocycles. The van der Waals surface area contributed by atoms with Crippen LogP contribution in [0.1, 0.15) is 55.6 Å². The van der Waals surface area contributed by atoms with Gasteiger partial charge in [-0.25, -0.2) is 0 Å². The molecule has 20 heavy (non-hydrogen) atoms. The molecular formula is C17H23BrO2. The molecule has 1 aliphatic heterocycles. The molecule has 0 saturated carbocycles. The number of halogens is 1. The molecule has 0 aromatic heterocycles. The molecule has 2 aliphatic rings. The zero-order valence-electron chi connectivity index (χ0n) is 11.9. The van der Waals surface area contributed by atoms with Gasteiger partial charge in [-0.05, 0) is 74.1 Å². The molecule has 0 spiro atoms. The zero-order chi connectivity index (χ0) is 13.8. The number of aryl methyl sites for hydroxylation is 1. The summed E-state index contributed by atoms with van der Waals surface area (Å²) in [6.45, 7) is 1.69. The minimum atomic E-state index is 0.0525. The van der Waals surface area contributed by atoms with Crippen LogP contribution in [0.3, 0.4) is 0 Å². The Bertz CT molecular complexity index is 441. The van der Waals surface area contributed by atoms with Gasteiger partial charge in [0, 0.05) is 11.1 Å². The summed E-state index contributed by atoms with van der Waals surface area (Å²) in [7, 11) is 0. The van der Waals surface area contributed by atoms with Gasteiger partial charge < -0.3 is 9.47 Å². The predicted octanol–water partition coefficient (Wildman–Crippen LogP) is 4.80. The van der Waals surface area contributed by atoms with Gasteiger partial charge in [-0.3, -0.25) is 0 Å². The fraction of sp³-hybridized carbons (Fsp3) is 0.647. The van der Waals surface area contributed by atoms with Crippen LogP contribution in [0, 0.1) is 0 Å². The van der Waals surface area contributed by atoms with Crippen molar-refractivity contribution in [3.05, 3.63) is 33.8 Å². The number of hydrogen-bond donors (Lipinski definition) is 0. The molecule has 0 amide bonds. The first kappa shape index (κ1) is 14.6. The summed E-state index contributed by atoms with van der Waals surface area (Å²) in [5, 5.41) is 0. The van der Waals surface area contributed by atoms with Crippen molar-refractivity contribution in [3.8, 4) is 0 Å². The number of rotatable bonds is 4. The molecule has 1 saturated heterocycles. The molecule has 1 fully saturated rings. The van der Waals surface area contributed by atoms with E-state index in [-0.39, 0.29) is 6.29 Å². The lowest BCUT2D eigenvalue weighted by Crippen LogP contribution is -2.23. The van der Waals surface area contributed by atoms with Crippen molar-refractivity contribution >= 4 is 15.9 Å². The largest absolute Gasteiger partial charge is 0.353 e. The zero-order valence-corrected chi connectivity index (χ0v) is 13.5. The van der Waals surface area contributed by atoms with Gasteiger partial charge in [-0.2, -0.15) is 0 Å². The van der Waals surface area contributed by atoms with Crippen LogP contribution in [-0.2, 0) is 15.9 Å². The first-order valence-corrected chi connectivity index (χ1v) is 8.64. The number of ether oxygens (including phenoxy) is 2. The standard InChI is InChI=1S/C17H23BrO2/c18-15-7-8-16-13(4-3-5-14(16)12-15)9-11-20-17-6-1-2-10-19-17/h7-8,12-13,17H,1-6,9-11H2/t13-,17+/m1/s1. The van der Waals surface area contributed by atoms with Crippen molar-refractivity contribution in [3.63, 3.8) is 0 Å². The highest BCUT2D eigenvalue weighted by Crippen LogP contribution is 2.35. The molecule has 0 bridgehead atoms. The van der Waals surface area contributed by atoms with Crippen molar-refractivity contribution < 1.29 is 9.47 Å². The van der Waals surface area contributed by atoms with E-state index in [1.807, 2.05) is 0 Å². The maximum Gasteiger partial charge on any atom is 0.157 e. The van der Waals surface area contributed by atoms with Crippen molar-refractivity contribution in [2.24, 2.45) is 0 Å². The second kappa shape index (κ2) is 7.06.